The molecule has 2 atom stereocenters. The molecule has 0 radical (unpaired) electrons. The second-order valence-electron chi connectivity index (χ2n) is 5.69. The summed E-state index contributed by atoms with van der Waals surface area (Å²) in [6.45, 7) is 1.55. The number of ether oxygens (including phenoxy) is 5. The van der Waals surface area contributed by atoms with Gasteiger partial charge in [-0.2, -0.15) is 0 Å². The van der Waals surface area contributed by atoms with Crippen molar-refractivity contribution in [1.82, 2.24) is 0 Å². The number of nitrogens with two attached hydrogens (primary N) is 1. The van der Waals surface area contributed by atoms with Crippen molar-refractivity contribution in [2.75, 3.05) is 20.0 Å². The van der Waals surface area contributed by atoms with Crippen molar-refractivity contribution >= 4 is 0 Å². The van der Waals surface area contributed by atoms with Crippen LogP contribution in [0.3, 0.4) is 0 Å². The van der Waals surface area contributed by atoms with Crippen molar-refractivity contribution < 1.29 is 23.7 Å². The second-order valence-corrected chi connectivity index (χ2v) is 5.69. The van der Waals surface area contributed by atoms with Crippen LogP contribution in [0, 0.1) is 0 Å². The largest absolute Gasteiger partial charge is 0.488 e. The molecule has 21 heavy (non-hydrogen) atoms. The van der Waals surface area contributed by atoms with E-state index in [4.69, 9.17) is 29.4 Å². The predicted molar refractivity (Wildman–Crippen MR) is 73.4 cm³/mol. The average molecular weight is 293 g/mol. The number of hydrogen-bond donors (Lipinski definition) is 1. The van der Waals surface area contributed by atoms with Gasteiger partial charge in [-0.15, -0.1) is 0 Å². The van der Waals surface area contributed by atoms with Gasteiger partial charge in [-0.05, 0) is 18.6 Å². The van der Waals surface area contributed by atoms with Crippen molar-refractivity contribution in [3.05, 3.63) is 18.2 Å². The van der Waals surface area contributed by atoms with Crippen molar-refractivity contribution in [2.24, 2.45) is 5.73 Å². The fourth-order valence-corrected chi connectivity index (χ4v) is 3.15. The van der Waals surface area contributed by atoms with Gasteiger partial charge in [0.1, 0.15) is 11.9 Å². The van der Waals surface area contributed by atoms with E-state index >= 15 is 0 Å². The Kier molecular flexibility index (Phi) is 3.17. The second kappa shape index (κ2) is 5.05. The number of benzene rings is 1. The minimum atomic E-state index is -0.503. The highest BCUT2D eigenvalue weighted by Gasteiger charge is 2.45. The van der Waals surface area contributed by atoms with Gasteiger partial charge in [-0.25, -0.2) is 0 Å². The van der Waals surface area contributed by atoms with Crippen molar-refractivity contribution in [3.8, 4) is 17.2 Å². The molecular formula is C15H19NO5. The summed E-state index contributed by atoms with van der Waals surface area (Å²) in [6, 6.07) is 5.54. The van der Waals surface area contributed by atoms with Crippen LogP contribution in [0.4, 0.5) is 0 Å². The monoisotopic (exact) mass is 293 g/mol. The smallest absolute Gasteiger partial charge is 0.231 e. The third kappa shape index (κ3) is 2.43. The van der Waals surface area contributed by atoms with Crippen molar-refractivity contribution in [3.63, 3.8) is 0 Å². The van der Waals surface area contributed by atoms with Gasteiger partial charge in [-0.3, -0.25) is 0 Å². The maximum absolute atomic E-state index is 6.20. The Morgan fingerprint density at radius 2 is 1.95 bits per heavy atom. The lowest BCUT2D eigenvalue weighted by Crippen LogP contribution is -2.51. The van der Waals surface area contributed by atoms with E-state index in [2.05, 4.69) is 0 Å². The summed E-state index contributed by atoms with van der Waals surface area (Å²) in [4.78, 5) is 0. The number of fused-ring (bicyclic) bond motifs is 1. The van der Waals surface area contributed by atoms with Crippen LogP contribution in [-0.4, -0.2) is 37.9 Å². The topological polar surface area (TPSA) is 72.2 Å². The third-order valence-corrected chi connectivity index (χ3v) is 4.29. The first-order valence-electron chi connectivity index (χ1n) is 7.34. The Balaban J connectivity index is 1.49. The van der Waals surface area contributed by atoms with E-state index in [1.165, 1.54) is 0 Å². The molecule has 0 amide bonds. The molecule has 2 N–H and O–H groups in total. The molecule has 1 aromatic carbocycles. The average Bonchev–Trinajstić information content (AvgIpc) is 3.12. The molecule has 6 nitrogen and oxygen atoms in total. The summed E-state index contributed by atoms with van der Waals surface area (Å²) >= 11 is 0. The van der Waals surface area contributed by atoms with Crippen LogP contribution in [0.2, 0.25) is 0 Å². The predicted octanol–water partition coefficient (Wildman–Crippen LogP) is 1.42. The van der Waals surface area contributed by atoms with Gasteiger partial charge < -0.3 is 29.4 Å². The molecule has 1 aromatic rings. The van der Waals surface area contributed by atoms with Crippen LogP contribution >= 0.6 is 0 Å². The Hall–Kier alpha value is -1.50. The number of hydrogen-bond acceptors (Lipinski definition) is 6. The molecule has 6 heteroatoms. The molecule has 1 saturated carbocycles. The summed E-state index contributed by atoms with van der Waals surface area (Å²) < 4.78 is 28.3. The lowest BCUT2D eigenvalue weighted by Gasteiger charge is -2.39. The van der Waals surface area contributed by atoms with Gasteiger partial charge in [0.25, 0.3) is 0 Å². The van der Waals surface area contributed by atoms with Gasteiger partial charge in [0, 0.05) is 24.9 Å². The molecule has 1 spiro atoms. The first-order valence-corrected chi connectivity index (χ1v) is 7.34. The first-order chi connectivity index (χ1) is 10.2. The summed E-state index contributed by atoms with van der Waals surface area (Å²) in [5, 5.41) is 0. The van der Waals surface area contributed by atoms with Gasteiger partial charge in [0.2, 0.25) is 6.79 Å². The highest BCUT2D eigenvalue weighted by Crippen LogP contribution is 2.39. The highest BCUT2D eigenvalue weighted by molar-refractivity contribution is 5.47. The minimum Gasteiger partial charge on any atom is -0.488 e. The molecule has 3 aliphatic rings. The number of rotatable bonds is 2. The molecule has 2 unspecified atom stereocenters. The highest BCUT2D eigenvalue weighted by atomic mass is 16.7. The van der Waals surface area contributed by atoms with Crippen molar-refractivity contribution in [2.45, 2.75) is 37.2 Å². The van der Waals surface area contributed by atoms with Crippen LogP contribution in [0.15, 0.2) is 18.2 Å². The summed E-state index contributed by atoms with van der Waals surface area (Å²) in [7, 11) is 0. The molecule has 2 aliphatic heterocycles. The zero-order valence-electron chi connectivity index (χ0n) is 11.7. The summed E-state index contributed by atoms with van der Waals surface area (Å²) in [5.74, 6) is 1.68. The SMILES string of the molecule is NC1CCC2(CC1Oc1ccc3c(c1)OCO3)OCCO2. The maximum Gasteiger partial charge on any atom is 0.231 e. The normalized spacial score (nSPS) is 29.8. The van der Waals surface area contributed by atoms with E-state index in [9.17, 15) is 0 Å². The van der Waals surface area contributed by atoms with Crippen LogP contribution in [0.25, 0.3) is 0 Å². The quantitative estimate of drug-likeness (QED) is 0.889. The van der Waals surface area contributed by atoms with E-state index < -0.39 is 5.79 Å². The Morgan fingerprint density at radius 3 is 2.81 bits per heavy atom. The summed E-state index contributed by atoms with van der Waals surface area (Å²) in [6.07, 6.45) is 2.18. The Labute approximate surface area is 123 Å². The van der Waals surface area contributed by atoms with E-state index in [0.717, 1.165) is 24.3 Å². The summed E-state index contributed by atoms with van der Waals surface area (Å²) in [5.41, 5.74) is 6.20. The van der Waals surface area contributed by atoms with Crippen LogP contribution < -0.4 is 19.9 Å². The standard InChI is InChI=1S/C15H19NO5/c16-11-3-4-15(19-5-6-20-15)8-14(11)21-10-1-2-12-13(7-10)18-9-17-12/h1-2,7,11,14H,3-6,8-9,16H2. The van der Waals surface area contributed by atoms with Crippen LogP contribution in [0.1, 0.15) is 19.3 Å². The zero-order chi connectivity index (χ0) is 14.3. The Bertz CT molecular complexity index is 529. The van der Waals surface area contributed by atoms with Gasteiger partial charge in [0.05, 0.1) is 13.2 Å². The molecular weight excluding hydrogens is 274 g/mol. The van der Waals surface area contributed by atoms with E-state index in [-0.39, 0.29) is 18.9 Å². The first kappa shape index (κ1) is 13.2. The van der Waals surface area contributed by atoms with Gasteiger partial charge in [0.15, 0.2) is 17.3 Å². The lowest BCUT2D eigenvalue weighted by molar-refractivity contribution is -0.195. The molecule has 114 valence electrons. The maximum atomic E-state index is 6.20. The Morgan fingerprint density at radius 1 is 1.14 bits per heavy atom. The van der Waals surface area contributed by atoms with Gasteiger partial charge in [-0.1, -0.05) is 0 Å². The van der Waals surface area contributed by atoms with Gasteiger partial charge >= 0.3 is 0 Å². The molecule has 1 saturated heterocycles. The van der Waals surface area contributed by atoms with Crippen molar-refractivity contribution in [1.29, 1.82) is 0 Å². The van der Waals surface area contributed by atoms with E-state index in [0.29, 0.717) is 25.4 Å². The molecule has 4 rings (SSSR count). The van der Waals surface area contributed by atoms with E-state index in [1.54, 1.807) is 0 Å². The fourth-order valence-electron chi connectivity index (χ4n) is 3.15. The zero-order valence-corrected chi connectivity index (χ0v) is 11.7. The van der Waals surface area contributed by atoms with E-state index in [1.807, 2.05) is 18.2 Å². The molecule has 2 heterocycles. The lowest BCUT2D eigenvalue weighted by atomic mass is 9.88. The minimum absolute atomic E-state index is 0.0196. The molecule has 1 aliphatic carbocycles. The third-order valence-electron chi connectivity index (χ3n) is 4.29. The fraction of sp³-hybridized carbons (Fsp3) is 0.600. The van der Waals surface area contributed by atoms with Crippen LogP contribution in [-0.2, 0) is 9.47 Å². The molecule has 0 aromatic heterocycles. The molecule has 0 bridgehead atoms. The van der Waals surface area contributed by atoms with Crippen LogP contribution in [0.5, 0.6) is 17.2 Å². The molecule has 2 fully saturated rings.